The number of rotatable bonds is 10. The summed E-state index contributed by atoms with van der Waals surface area (Å²) in [4.78, 5) is 2.52. The zero-order chi connectivity index (χ0) is 23.7. The summed E-state index contributed by atoms with van der Waals surface area (Å²) in [5.74, 6) is 1.17. The van der Waals surface area contributed by atoms with E-state index >= 15 is 0 Å². The third-order valence-corrected chi connectivity index (χ3v) is 11.5. The second-order valence-corrected chi connectivity index (χ2v) is 12.6. The highest BCUT2D eigenvalue weighted by Crippen LogP contribution is 2.71. The molecule has 1 spiro atoms. The van der Waals surface area contributed by atoms with E-state index in [1.165, 1.54) is 69.0 Å². The molecule has 5 aliphatic heterocycles. The molecule has 5 bridgehead atoms. The number of anilines is 1. The van der Waals surface area contributed by atoms with Crippen molar-refractivity contribution < 1.29 is 31.7 Å². The molecular formula is C30H47BrN2O2. The molecule has 1 aromatic carbocycles. The highest BCUT2D eigenvalue weighted by Gasteiger charge is 2.82. The Morgan fingerprint density at radius 3 is 2.37 bits per heavy atom. The van der Waals surface area contributed by atoms with Gasteiger partial charge in [-0.25, -0.2) is 0 Å². The summed E-state index contributed by atoms with van der Waals surface area (Å²) in [6.45, 7) is 5.66. The van der Waals surface area contributed by atoms with Crippen LogP contribution in [0.3, 0.4) is 0 Å². The van der Waals surface area contributed by atoms with Crippen LogP contribution in [0.4, 0.5) is 5.69 Å². The van der Waals surface area contributed by atoms with Crippen molar-refractivity contribution in [3.63, 3.8) is 0 Å². The molecule has 4 saturated heterocycles. The van der Waals surface area contributed by atoms with Crippen LogP contribution in [0.2, 0.25) is 0 Å². The normalized spacial score (nSPS) is 43.9. The molecule has 1 saturated carbocycles. The van der Waals surface area contributed by atoms with Crippen LogP contribution in [-0.4, -0.2) is 58.7 Å². The molecule has 0 amide bonds. The van der Waals surface area contributed by atoms with Crippen LogP contribution in [0, 0.1) is 17.8 Å². The second-order valence-electron chi connectivity index (χ2n) is 12.6. The Labute approximate surface area is 223 Å². The Balaban J connectivity index is 0.00000253. The third-order valence-electron chi connectivity index (χ3n) is 11.5. The molecule has 1 aliphatic carbocycles. The van der Waals surface area contributed by atoms with Crippen LogP contribution in [0.15, 0.2) is 24.3 Å². The van der Waals surface area contributed by atoms with Gasteiger partial charge in [-0.05, 0) is 36.8 Å². The first-order valence-electron chi connectivity index (χ1n) is 14.6. The number of para-hydroxylation sites is 1. The van der Waals surface area contributed by atoms with Crippen molar-refractivity contribution in [3.05, 3.63) is 29.8 Å². The summed E-state index contributed by atoms with van der Waals surface area (Å²) in [7, 11) is 2.27. The average molecular weight is 548 g/mol. The molecule has 196 valence electrons. The molecule has 0 radical (unpaired) electrons. The van der Waals surface area contributed by atoms with Gasteiger partial charge in [0.25, 0.3) is 0 Å². The zero-order valence-electron chi connectivity index (χ0n) is 22.1. The van der Waals surface area contributed by atoms with E-state index in [0.717, 1.165) is 23.9 Å². The molecule has 35 heavy (non-hydrogen) atoms. The van der Waals surface area contributed by atoms with Gasteiger partial charge in [0.2, 0.25) is 0 Å². The van der Waals surface area contributed by atoms with E-state index in [1.807, 2.05) is 0 Å². The Kier molecular flexibility index (Phi) is 7.13. The number of hydrogen-bond donors (Lipinski definition) is 2. The quantitative estimate of drug-likeness (QED) is 0.349. The van der Waals surface area contributed by atoms with E-state index in [0.29, 0.717) is 35.9 Å². The standard InChI is InChI=1S/C30H47N2O2.BrH/c1-4-6-7-8-9-10-11-14-17-32-24-18-21(20(5-2)29(32)34)26-25(32)19-30(28(26)33)22-15-12-13-16-23(22)31(3)27(24)30;/h12-13,15-16,20-21,24-29,33-34H,4-11,14,17-19H2,1-3H3;1H/q+1;/p-1/t20-,21+,24?,25-,26?,27-,28+,29+,30+,32?;/m0./s1. The number of likely N-dealkylation sites (N-methyl/N-ethyl adjacent to an activating group) is 1. The fourth-order valence-electron chi connectivity index (χ4n) is 10.4. The van der Waals surface area contributed by atoms with Crippen molar-refractivity contribution in [1.29, 1.82) is 0 Å². The fraction of sp³-hybridized carbons (Fsp3) is 0.800. The summed E-state index contributed by atoms with van der Waals surface area (Å²) in [6, 6.07) is 10.1. The van der Waals surface area contributed by atoms with E-state index < -0.39 is 0 Å². The molecule has 7 rings (SSSR count). The summed E-state index contributed by atoms with van der Waals surface area (Å²) in [5.41, 5.74) is 2.58. The smallest absolute Gasteiger partial charge is 0.194 e. The van der Waals surface area contributed by atoms with Crippen molar-refractivity contribution in [2.45, 2.75) is 120 Å². The highest BCUT2D eigenvalue weighted by atomic mass is 79.9. The monoisotopic (exact) mass is 546 g/mol. The van der Waals surface area contributed by atoms with Crippen LogP contribution < -0.4 is 21.9 Å². The van der Waals surface area contributed by atoms with Crippen molar-refractivity contribution >= 4 is 5.69 Å². The number of unbranched alkanes of at least 4 members (excludes halogenated alkanes) is 7. The number of aliphatic hydroxyl groups excluding tert-OH is 2. The number of quaternary nitrogens is 1. The SMILES string of the molecule is CCCCCCCCCC[N+]12C3C[C@@H](C4[C@@H](O)[C@]5(C[C@@H]41)c1ccccc1N(C)[C@@H]35)[C@H](CC)[C@H]2O.[Br-]. The molecule has 6 aliphatic rings. The Morgan fingerprint density at radius 1 is 0.971 bits per heavy atom. The minimum Gasteiger partial charge on any atom is -1.00 e. The Hall–Kier alpha value is -0.620. The molecule has 5 fully saturated rings. The van der Waals surface area contributed by atoms with Gasteiger partial charge in [0.05, 0.1) is 30.1 Å². The van der Waals surface area contributed by atoms with Gasteiger partial charge in [-0.2, -0.15) is 0 Å². The van der Waals surface area contributed by atoms with Gasteiger partial charge in [0.15, 0.2) is 6.23 Å². The molecule has 4 nitrogen and oxygen atoms in total. The topological polar surface area (TPSA) is 43.7 Å². The third kappa shape index (κ3) is 3.26. The maximum absolute atomic E-state index is 12.1. The maximum Gasteiger partial charge on any atom is 0.194 e. The van der Waals surface area contributed by atoms with Gasteiger partial charge in [0.1, 0.15) is 6.04 Å². The van der Waals surface area contributed by atoms with Crippen LogP contribution in [-0.2, 0) is 5.41 Å². The predicted molar refractivity (Wildman–Crippen MR) is 138 cm³/mol. The van der Waals surface area contributed by atoms with Gasteiger partial charge in [0, 0.05) is 37.4 Å². The molecule has 5 heterocycles. The largest absolute Gasteiger partial charge is 1.00 e. The van der Waals surface area contributed by atoms with Gasteiger partial charge in [-0.3, -0.25) is 4.48 Å². The molecular weight excluding hydrogens is 500 g/mol. The van der Waals surface area contributed by atoms with Crippen molar-refractivity contribution in [3.8, 4) is 0 Å². The van der Waals surface area contributed by atoms with E-state index in [-0.39, 0.29) is 34.7 Å². The van der Waals surface area contributed by atoms with Gasteiger partial charge < -0.3 is 32.1 Å². The summed E-state index contributed by atoms with van der Waals surface area (Å²) >= 11 is 0. The van der Waals surface area contributed by atoms with Crippen molar-refractivity contribution in [2.75, 3.05) is 18.5 Å². The fourth-order valence-corrected chi connectivity index (χ4v) is 10.4. The van der Waals surface area contributed by atoms with E-state index in [1.54, 1.807) is 0 Å². The lowest BCUT2D eigenvalue weighted by atomic mass is 9.60. The van der Waals surface area contributed by atoms with Crippen LogP contribution in [0.5, 0.6) is 0 Å². The van der Waals surface area contributed by atoms with Crippen LogP contribution in [0.25, 0.3) is 0 Å². The number of piperidine rings is 4. The van der Waals surface area contributed by atoms with Gasteiger partial charge in [-0.15, -0.1) is 0 Å². The lowest BCUT2D eigenvalue weighted by Crippen LogP contribution is -3.00. The van der Waals surface area contributed by atoms with Crippen LogP contribution >= 0.6 is 0 Å². The van der Waals surface area contributed by atoms with E-state index in [4.69, 9.17) is 0 Å². The number of nitrogens with zero attached hydrogens (tertiary/aromatic N) is 2. The summed E-state index contributed by atoms with van der Waals surface area (Å²) < 4.78 is 0.900. The van der Waals surface area contributed by atoms with Crippen LogP contribution in [0.1, 0.15) is 90.0 Å². The number of halogens is 1. The minimum absolute atomic E-state index is 0. The molecule has 3 unspecified atom stereocenters. The minimum atomic E-state index is -0.274. The molecule has 0 aromatic heterocycles. The van der Waals surface area contributed by atoms with E-state index in [2.05, 4.69) is 50.1 Å². The first-order valence-corrected chi connectivity index (χ1v) is 14.6. The highest BCUT2D eigenvalue weighted by molar-refractivity contribution is 5.66. The Bertz CT molecular complexity index is 912. The lowest BCUT2D eigenvalue weighted by Gasteiger charge is -2.68. The lowest BCUT2D eigenvalue weighted by molar-refractivity contribution is -1.04. The average Bonchev–Trinajstić information content (AvgIpc) is 3.23. The number of fused-ring (bicyclic) bond motifs is 2. The second kappa shape index (κ2) is 9.60. The molecule has 1 aromatic rings. The van der Waals surface area contributed by atoms with Gasteiger partial charge >= 0.3 is 0 Å². The number of aliphatic hydroxyl groups is 2. The number of benzene rings is 1. The molecule has 2 N–H and O–H groups in total. The summed E-state index contributed by atoms with van der Waals surface area (Å²) in [6.07, 6.45) is 13.4. The molecule has 10 atom stereocenters. The van der Waals surface area contributed by atoms with Crippen molar-refractivity contribution in [1.82, 2.24) is 0 Å². The maximum atomic E-state index is 12.1. The molecule has 5 heteroatoms. The number of hydrogen-bond acceptors (Lipinski definition) is 3. The Morgan fingerprint density at radius 2 is 1.66 bits per heavy atom. The van der Waals surface area contributed by atoms with E-state index in [9.17, 15) is 10.2 Å². The van der Waals surface area contributed by atoms with Crippen molar-refractivity contribution in [2.24, 2.45) is 17.8 Å². The predicted octanol–water partition coefficient (Wildman–Crippen LogP) is 2.21. The van der Waals surface area contributed by atoms with Gasteiger partial charge in [-0.1, -0.05) is 70.6 Å². The zero-order valence-corrected chi connectivity index (χ0v) is 23.7. The first kappa shape index (κ1) is 26.0. The summed E-state index contributed by atoms with van der Waals surface area (Å²) in [5, 5.41) is 24.2. The first-order chi connectivity index (χ1) is 16.5.